The van der Waals surface area contributed by atoms with E-state index in [2.05, 4.69) is 44.7 Å². The number of nitrogens with one attached hydrogen (secondary N) is 1. The molecule has 4 aromatic carbocycles. The SMILES string of the molecule is CCOc1cc(/C=N\NC(=O)c2ccc(OC)cc2O)cc(Br)c1OCc1cccc2ccccc12. The highest BCUT2D eigenvalue weighted by Crippen LogP contribution is 2.37. The molecule has 0 heterocycles. The minimum Gasteiger partial charge on any atom is -0.507 e. The van der Waals surface area contributed by atoms with Crippen LogP contribution in [0.4, 0.5) is 0 Å². The van der Waals surface area contributed by atoms with Crippen molar-refractivity contribution >= 4 is 38.8 Å². The highest BCUT2D eigenvalue weighted by Gasteiger charge is 2.14. The summed E-state index contributed by atoms with van der Waals surface area (Å²) < 4.78 is 17.7. The number of nitrogens with zero attached hydrogens (tertiary/aromatic N) is 1. The zero-order chi connectivity index (χ0) is 25.5. The lowest BCUT2D eigenvalue weighted by atomic mass is 10.1. The van der Waals surface area contributed by atoms with E-state index in [0.717, 1.165) is 16.3 Å². The molecule has 0 spiro atoms. The first-order valence-electron chi connectivity index (χ1n) is 11.3. The predicted octanol–water partition coefficient (Wildman–Crippen LogP) is 6.06. The van der Waals surface area contributed by atoms with Crippen molar-refractivity contribution in [1.29, 1.82) is 0 Å². The largest absolute Gasteiger partial charge is 0.507 e. The van der Waals surface area contributed by atoms with Gasteiger partial charge in [-0.3, -0.25) is 4.79 Å². The molecule has 0 radical (unpaired) electrons. The standard InChI is InChI=1S/C28H25BrN2O5/c1-3-35-26-14-18(16-30-31-28(33)23-12-11-21(34-2)15-25(23)32)13-24(29)27(26)36-17-20-9-6-8-19-7-4-5-10-22(19)20/h4-16,32H,3,17H2,1-2H3,(H,31,33)/b30-16-. The summed E-state index contributed by atoms with van der Waals surface area (Å²) in [6.07, 6.45) is 1.49. The van der Waals surface area contributed by atoms with Gasteiger partial charge in [-0.05, 0) is 69.0 Å². The number of hydrogen-bond donors (Lipinski definition) is 2. The first-order valence-corrected chi connectivity index (χ1v) is 12.1. The maximum absolute atomic E-state index is 12.4. The van der Waals surface area contributed by atoms with Gasteiger partial charge in [0, 0.05) is 6.07 Å². The predicted molar refractivity (Wildman–Crippen MR) is 143 cm³/mol. The number of carbonyl (C=O) groups is 1. The third kappa shape index (κ3) is 5.78. The maximum Gasteiger partial charge on any atom is 0.275 e. The number of methoxy groups -OCH3 is 1. The number of fused-ring (bicyclic) bond motifs is 1. The zero-order valence-corrected chi connectivity index (χ0v) is 21.4. The normalized spacial score (nSPS) is 11.0. The number of hydrazone groups is 1. The molecule has 0 aliphatic rings. The molecule has 36 heavy (non-hydrogen) atoms. The molecule has 1 amide bonds. The molecule has 4 aromatic rings. The number of phenols is 1. The van der Waals surface area contributed by atoms with Crippen LogP contribution >= 0.6 is 15.9 Å². The second-order valence-corrected chi connectivity index (χ2v) is 8.63. The topological polar surface area (TPSA) is 89.4 Å². The molecule has 0 bridgehead atoms. The number of rotatable bonds is 9. The Balaban J connectivity index is 1.50. The first-order chi connectivity index (χ1) is 17.5. The van der Waals surface area contributed by atoms with Gasteiger partial charge in [-0.15, -0.1) is 0 Å². The van der Waals surface area contributed by atoms with Crippen LogP contribution < -0.4 is 19.6 Å². The second kappa shape index (κ2) is 11.6. The van der Waals surface area contributed by atoms with Crippen LogP contribution in [0, 0.1) is 0 Å². The number of benzene rings is 4. The monoisotopic (exact) mass is 548 g/mol. The first kappa shape index (κ1) is 25.1. The molecule has 0 aromatic heterocycles. The second-order valence-electron chi connectivity index (χ2n) is 7.77. The summed E-state index contributed by atoms with van der Waals surface area (Å²) >= 11 is 3.57. The number of ether oxygens (including phenoxy) is 3. The van der Waals surface area contributed by atoms with E-state index in [1.54, 1.807) is 12.1 Å². The lowest BCUT2D eigenvalue weighted by Gasteiger charge is -2.15. The Morgan fingerprint density at radius 1 is 1.06 bits per heavy atom. The summed E-state index contributed by atoms with van der Waals surface area (Å²) in [4.78, 5) is 12.4. The van der Waals surface area contributed by atoms with Crippen molar-refractivity contribution in [3.05, 3.63) is 94.0 Å². The fourth-order valence-corrected chi connectivity index (χ4v) is 4.26. The number of amides is 1. The Bertz CT molecular complexity index is 1420. The van der Waals surface area contributed by atoms with Crippen LogP contribution in [0.2, 0.25) is 0 Å². The van der Waals surface area contributed by atoms with Gasteiger partial charge >= 0.3 is 0 Å². The summed E-state index contributed by atoms with van der Waals surface area (Å²) in [7, 11) is 1.48. The van der Waals surface area contributed by atoms with Gasteiger partial charge in [-0.25, -0.2) is 5.43 Å². The molecular weight excluding hydrogens is 524 g/mol. The number of hydrogen-bond acceptors (Lipinski definition) is 6. The highest BCUT2D eigenvalue weighted by atomic mass is 79.9. The van der Waals surface area contributed by atoms with E-state index < -0.39 is 5.91 Å². The number of phenolic OH excluding ortho intramolecular Hbond substituents is 1. The van der Waals surface area contributed by atoms with Gasteiger partial charge in [-0.1, -0.05) is 42.5 Å². The highest BCUT2D eigenvalue weighted by molar-refractivity contribution is 9.10. The van der Waals surface area contributed by atoms with Crippen LogP contribution in [0.15, 0.2) is 82.4 Å². The maximum atomic E-state index is 12.4. The summed E-state index contributed by atoms with van der Waals surface area (Å²) in [6, 6.07) is 22.3. The van der Waals surface area contributed by atoms with E-state index in [1.165, 1.54) is 25.5 Å². The van der Waals surface area contributed by atoms with Crippen LogP contribution in [0.25, 0.3) is 10.8 Å². The third-order valence-corrected chi connectivity index (χ3v) is 6.00. The van der Waals surface area contributed by atoms with Gasteiger partial charge in [0.15, 0.2) is 11.5 Å². The third-order valence-electron chi connectivity index (χ3n) is 5.41. The molecule has 0 saturated heterocycles. The molecule has 0 atom stereocenters. The molecule has 0 fully saturated rings. The molecule has 0 aliphatic heterocycles. The van der Waals surface area contributed by atoms with Crippen LogP contribution in [0.3, 0.4) is 0 Å². The Morgan fingerprint density at radius 3 is 2.64 bits per heavy atom. The van der Waals surface area contributed by atoms with Crippen molar-refractivity contribution in [3.8, 4) is 23.0 Å². The molecule has 8 heteroatoms. The molecule has 0 saturated carbocycles. The number of carbonyl (C=O) groups excluding carboxylic acids is 1. The molecule has 2 N–H and O–H groups in total. The van der Waals surface area contributed by atoms with Crippen molar-refractivity contribution in [3.63, 3.8) is 0 Å². The molecule has 4 rings (SSSR count). The van der Waals surface area contributed by atoms with Crippen molar-refractivity contribution in [2.45, 2.75) is 13.5 Å². The van der Waals surface area contributed by atoms with Gasteiger partial charge in [0.25, 0.3) is 5.91 Å². The fraction of sp³-hybridized carbons (Fsp3) is 0.143. The van der Waals surface area contributed by atoms with Gasteiger partial charge in [0.2, 0.25) is 0 Å². The van der Waals surface area contributed by atoms with Crippen molar-refractivity contribution in [1.82, 2.24) is 5.43 Å². The summed E-state index contributed by atoms with van der Waals surface area (Å²) in [5.74, 6) is 0.826. The summed E-state index contributed by atoms with van der Waals surface area (Å²) in [6.45, 7) is 2.71. The Morgan fingerprint density at radius 2 is 1.86 bits per heavy atom. The van der Waals surface area contributed by atoms with Crippen molar-refractivity contribution < 1.29 is 24.1 Å². The smallest absolute Gasteiger partial charge is 0.275 e. The van der Waals surface area contributed by atoms with Crippen LogP contribution in [-0.4, -0.2) is 30.9 Å². The van der Waals surface area contributed by atoms with E-state index in [4.69, 9.17) is 14.2 Å². The van der Waals surface area contributed by atoms with Gasteiger partial charge in [0.1, 0.15) is 18.1 Å². The average Bonchev–Trinajstić information content (AvgIpc) is 2.88. The van der Waals surface area contributed by atoms with E-state index >= 15 is 0 Å². The lowest BCUT2D eigenvalue weighted by Crippen LogP contribution is -2.17. The van der Waals surface area contributed by atoms with Gasteiger partial charge < -0.3 is 19.3 Å². The quantitative estimate of drug-likeness (QED) is 0.196. The lowest BCUT2D eigenvalue weighted by molar-refractivity contribution is 0.0952. The minimum absolute atomic E-state index is 0.0846. The molecular formula is C28H25BrN2O5. The van der Waals surface area contributed by atoms with Gasteiger partial charge in [-0.2, -0.15) is 5.10 Å². The Labute approximate surface area is 217 Å². The molecule has 184 valence electrons. The van der Waals surface area contributed by atoms with Crippen LogP contribution in [0.5, 0.6) is 23.0 Å². The van der Waals surface area contributed by atoms with E-state index in [-0.39, 0.29) is 11.3 Å². The molecule has 7 nitrogen and oxygen atoms in total. The zero-order valence-electron chi connectivity index (χ0n) is 19.8. The number of aromatic hydroxyl groups is 1. The summed E-state index contributed by atoms with van der Waals surface area (Å²) in [5, 5.41) is 16.3. The van der Waals surface area contributed by atoms with Crippen LogP contribution in [0.1, 0.15) is 28.4 Å². The molecule has 0 aliphatic carbocycles. The van der Waals surface area contributed by atoms with E-state index in [1.807, 2.05) is 37.3 Å². The van der Waals surface area contributed by atoms with Crippen molar-refractivity contribution in [2.75, 3.05) is 13.7 Å². The number of halogens is 1. The van der Waals surface area contributed by atoms with E-state index in [9.17, 15) is 9.90 Å². The Hall–Kier alpha value is -4.04. The van der Waals surface area contributed by atoms with E-state index in [0.29, 0.717) is 40.5 Å². The fourth-order valence-electron chi connectivity index (χ4n) is 3.69. The van der Waals surface area contributed by atoms with Crippen LogP contribution in [-0.2, 0) is 6.61 Å². The van der Waals surface area contributed by atoms with Crippen molar-refractivity contribution in [2.24, 2.45) is 5.10 Å². The summed E-state index contributed by atoms with van der Waals surface area (Å²) in [5.41, 5.74) is 4.25. The average molecular weight is 549 g/mol. The van der Waals surface area contributed by atoms with Gasteiger partial charge in [0.05, 0.1) is 30.0 Å². The molecule has 0 unspecified atom stereocenters. The minimum atomic E-state index is -0.550. The Kier molecular flexibility index (Phi) is 8.07.